The van der Waals surface area contributed by atoms with Gasteiger partial charge in [-0.3, -0.25) is 0 Å². The van der Waals surface area contributed by atoms with Crippen LogP contribution < -0.4 is 0 Å². The van der Waals surface area contributed by atoms with Gasteiger partial charge in [0.1, 0.15) is 0 Å². The number of benzene rings is 1. The third-order valence-corrected chi connectivity index (χ3v) is 49.1. The van der Waals surface area contributed by atoms with Crippen molar-refractivity contribution in [3.05, 3.63) is 42.0 Å². The summed E-state index contributed by atoms with van der Waals surface area (Å²) in [5.41, 5.74) is 2.88. The average molecular weight is 379 g/mol. The van der Waals surface area contributed by atoms with Crippen molar-refractivity contribution in [2.75, 3.05) is 0 Å². The van der Waals surface area contributed by atoms with E-state index in [0.717, 1.165) is 5.16 Å². The molecular formula is C19H38Si4. The summed E-state index contributed by atoms with van der Waals surface area (Å²) in [5, 5.41) is 0.868. The smallest absolute Gasteiger partial charge is 0.0458 e. The molecule has 1 aromatic rings. The van der Waals surface area contributed by atoms with Crippen molar-refractivity contribution in [2.24, 2.45) is 0 Å². The molecule has 0 aliphatic rings. The fourth-order valence-corrected chi connectivity index (χ4v) is 36.2. The molecule has 0 unspecified atom stereocenters. The van der Waals surface area contributed by atoms with E-state index in [4.69, 9.17) is 0 Å². The minimum absolute atomic E-state index is 0.868. The molecule has 0 N–H and O–H groups in total. The van der Waals surface area contributed by atoms with E-state index in [9.17, 15) is 0 Å². The van der Waals surface area contributed by atoms with Crippen LogP contribution in [0.15, 0.2) is 30.8 Å². The van der Waals surface area contributed by atoms with Crippen molar-refractivity contribution in [2.45, 2.75) is 70.6 Å². The van der Waals surface area contributed by atoms with Crippen LogP contribution in [0.2, 0.25) is 65.5 Å². The molecule has 0 amide bonds. The maximum absolute atomic E-state index is 3.91. The lowest BCUT2D eigenvalue weighted by Gasteiger charge is -2.53. The van der Waals surface area contributed by atoms with E-state index < -0.39 is 30.4 Å². The summed E-state index contributed by atoms with van der Waals surface area (Å²) in [6, 6.07) is 9.40. The highest BCUT2D eigenvalue weighted by Gasteiger charge is 2.54. The van der Waals surface area contributed by atoms with Gasteiger partial charge in [-0.2, -0.15) is 0 Å². The zero-order valence-electron chi connectivity index (χ0n) is 17.2. The van der Waals surface area contributed by atoms with Crippen LogP contribution in [-0.2, 0) is 0 Å². The first-order valence-corrected chi connectivity index (χ1v) is 24.0. The first kappa shape index (κ1) is 20.9. The van der Waals surface area contributed by atoms with Crippen LogP contribution in [0.5, 0.6) is 0 Å². The fourth-order valence-electron chi connectivity index (χ4n) is 3.43. The van der Waals surface area contributed by atoms with Crippen molar-refractivity contribution in [1.29, 1.82) is 0 Å². The van der Waals surface area contributed by atoms with E-state index in [1.807, 2.05) is 6.08 Å². The summed E-state index contributed by atoms with van der Waals surface area (Å²) in [5.74, 6) is 0. The normalized spacial score (nSPS) is 14.2. The monoisotopic (exact) mass is 378 g/mol. The second-order valence-electron chi connectivity index (χ2n) is 10.2. The molecule has 0 saturated heterocycles. The van der Waals surface area contributed by atoms with Gasteiger partial charge in [-0.05, 0) is 10.7 Å². The lowest BCUT2D eigenvalue weighted by atomic mass is 10.1. The molecular weight excluding hydrogens is 341 g/mol. The van der Waals surface area contributed by atoms with Gasteiger partial charge in [0, 0.05) is 30.4 Å². The van der Waals surface area contributed by atoms with Crippen molar-refractivity contribution >= 4 is 36.4 Å². The largest absolute Gasteiger partial charge is 0.0985 e. The summed E-state index contributed by atoms with van der Waals surface area (Å²) in [4.78, 5) is 0. The third kappa shape index (κ3) is 4.09. The Labute approximate surface area is 149 Å². The van der Waals surface area contributed by atoms with Gasteiger partial charge in [0.15, 0.2) is 0 Å². The van der Waals surface area contributed by atoms with Gasteiger partial charge in [-0.25, -0.2) is 0 Å². The molecule has 0 heterocycles. The maximum Gasteiger partial charge on any atom is 0.0458 e. The van der Waals surface area contributed by atoms with Gasteiger partial charge in [-0.15, -0.1) is 0 Å². The van der Waals surface area contributed by atoms with E-state index in [-0.39, 0.29) is 0 Å². The lowest BCUT2D eigenvalue weighted by Crippen LogP contribution is -2.69. The zero-order chi connectivity index (χ0) is 18.3. The van der Waals surface area contributed by atoms with Crippen LogP contribution in [0, 0.1) is 0 Å². The molecule has 1 aromatic carbocycles. The Hall–Kier alpha value is -0.172. The second-order valence-corrected chi connectivity index (χ2v) is 44.6. The van der Waals surface area contributed by atoms with Crippen molar-refractivity contribution in [3.8, 4) is 0 Å². The summed E-state index contributed by atoms with van der Waals surface area (Å²) in [7, 11) is -5.01. The van der Waals surface area contributed by atoms with Gasteiger partial charge in [0.05, 0.1) is 0 Å². The molecule has 0 nitrogen and oxygen atoms in total. The topological polar surface area (TPSA) is 0 Å². The van der Waals surface area contributed by atoms with Crippen molar-refractivity contribution in [1.82, 2.24) is 0 Å². The highest BCUT2D eigenvalue weighted by atomic mass is 29.3. The maximum atomic E-state index is 3.91. The lowest BCUT2D eigenvalue weighted by molar-refractivity contribution is 1.21. The Bertz CT molecular complexity index is 516. The number of hydrogen-bond acceptors (Lipinski definition) is 0. The molecule has 0 radical (unpaired) electrons. The summed E-state index contributed by atoms with van der Waals surface area (Å²) in [6.45, 7) is 30.4. The Morgan fingerprint density at radius 3 is 1.30 bits per heavy atom. The number of hydrogen-bond donors (Lipinski definition) is 0. The molecule has 0 aliphatic carbocycles. The molecule has 0 aromatic heterocycles. The minimum atomic E-state index is -1.34. The van der Waals surface area contributed by atoms with E-state index in [2.05, 4.69) is 96.3 Å². The van der Waals surface area contributed by atoms with Crippen LogP contribution in [0.4, 0.5) is 0 Å². The van der Waals surface area contributed by atoms with Crippen molar-refractivity contribution in [3.63, 3.8) is 0 Å². The summed E-state index contributed by atoms with van der Waals surface area (Å²) < 4.78 is 0. The highest BCUT2D eigenvalue weighted by Crippen LogP contribution is 2.43. The predicted molar refractivity (Wildman–Crippen MR) is 121 cm³/mol. The van der Waals surface area contributed by atoms with Gasteiger partial charge in [-0.1, -0.05) is 108 Å². The van der Waals surface area contributed by atoms with Crippen LogP contribution in [0.1, 0.15) is 16.3 Å². The molecule has 0 atom stereocenters. The molecule has 0 fully saturated rings. The van der Waals surface area contributed by atoms with Gasteiger partial charge in [0.2, 0.25) is 0 Å². The van der Waals surface area contributed by atoms with Crippen LogP contribution in [0.25, 0.3) is 6.08 Å². The van der Waals surface area contributed by atoms with Crippen LogP contribution >= 0.6 is 0 Å². The molecule has 4 heteroatoms. The second kappa shape index (κ2) is 6.62. The molecule has 0 saturated carbocycles. The molecule has 0 spiro atoms. The standard InChI is InChI=1S/C19H38Si4/c1-12-17-13-15-18(16-14-17)19(22(8,9)20(2,3)4)23(10,11)21(5,6)7/h12-16,19H,1H2,2-11H3. The van der Waals surface area contributed by atoms with Gasteiger partial charge < -0.3 is 0 Å². The third-order valence-electron chi connectivity index (χ3n) is 6.81. The van der Waals surface area contributed by atoms with Crippen molar-refractivity contribution < 1.29 is 0 Å². The Morgan fingerprint density at radius 2 is 1.04 bits per heavy atom. The Kier molecular flexibility index (Phi) is 6.00. The molecule has 130 valence electrons. The number of rotatable bonds is 6. The van der Waals surface area contributed by atoms with E-state index in [1.165, 1.54) is 5.56 Å². The predicted octanol–water partition coefficient (Wildman–Crippen LogP) is 6.74. The molecule has 0 bridgehead atoms. The average Bonchev–Trinajstić information content (AvgIpc) is 2.36. The minimum Gasteiger partial charge on any atom is -0.0985 e. The Balaban J connectivity index is 3.58. The molecule has 23 heavy (non-hydrogen) atoms. The zero-order valence-corrected chi connectivity index (χ0v) is 21.2. The molecule has 1 rings (SSSR count). The van der Waals surface area contributed by atoms with E-state index in [1.54, 1.807) is 5.56 Å². The highest BCUT2D eigenvalue weighted by molar-refractivity contribution is 7.50. The first-order chi connectivity index (χ1) is 10.2. The summed E-state index contributed by atoms with van der Waals surface area (Å²) >= 11 is 0. The van der Waals surface area contributed by atoms with Gasteiger partial charge >= 0.3 is 0 Å². The van der Waals surface area contributed by atoms with E-state index in [0.29, 0.717) is 0 Å². The summed E-state index contributed by atoms with van der Waals surface area (Å²) in [6.07, 6.45) is 1.96. The van der Waals surface area contributed by atoms with Gasteiger partial charge in [0.25, 0.3) is 0 Å². The first-order valence-electron chi connectivity index (χ1n) is 8.88. The fraction of sp³-hybridized carbons (Fsp3) is 0.579. The van der Waals surface area contributed by atoms with Crippen LogP contribution in [-0.4, -0.2) is 30.4 Å². The SMILES string of the molecule is C=Cc1ccc(C([Si](C)(C)[Si](C)(C)C)[Si](C)(C)[Si](C)(C)C)cc1. The quantitative estimate of drug-likeness (QED) is 0.481. The Morgan fingerprint density at radius 1 is 0.696 bits per heavy atom. The van der Waals surface area contributed by atoms with E-state index >= 15 is 0 Å². The molecule has 0 aliphatic heterocycles. The van der Waals surface area contributed by atoms with Crippen LogP contribution in [0.3, 0.4) is 0 Å².